The van der Waals surface area contributed by atoms with Crippen molar-refractivity contribution in [3.8, 4) is 5.75 Å². The van der Waals surface area contributed by atoms with Gasteiger partial charge in [0, 0.05) is 17.3 Å². The quantitative estimate of drug-likeness (QED) is 0.582. The largest absolute Gasteiger partial charge is 0.496 e. The number of carbonyl (C=O) groups is 2. The van der Waals surface area contributed by atoms with Gasteiger partial charge in [-0.25, -0.2) is 4.79 Å². The van der Waals surface area contributed by atoms with Gasteiger partial charge in [-0.2, -0.15) is 0 Å². The Labute approximate surface area is 160 Å². The van der Waals surface area contributed by atoms with Crippen molar-refractivity contribution < 1.29 is 19.1 Å². The first-order valence-corrected chi connectivity index (χ1v) is 8.83. The fourth-order valence-corrected chi connectivity index (χ4v) is 2.42. The average molecular weight is 367 g/mol. The predicted molar refractivity (Wildman–Crippen MR) is 107 cm³/mol. The van der Waals surface area contributed by atoms with E-state index in [2.05, 4.69) is 19.2 Å². The number of amides is 1. The maximum atomic E-state index is 12.2. The molecule has 2 rings (SSSR count). The first-order chi connectivity index (χ1) is 12.9. The Morgan fingerprint density at radius 2 is 1.67 bits per heavy atom. The van der Waals surface area contributed by atoms with Gasteiger partial charge in [-0.1, -0.05) is 44.2 Å². The van der Waals surface area contributed by atoms with Crippen LogP contribution in [-0.4, -0.2) is 25.1 Å². The van der Waals surface area contributed by atoms with Gasteiger partial charge in [0.05, 0.1) is 7.11 Å². The lowest BCUT2D eigenvalue weighted by Crippen LogP contribution is -2.29. The number of anilines is 1. The van der Waals surface area contributed by atoms with Crippen LogP contribution in [0.15, 0.2) is 54.6 Å². The molecule has 0 fully saturated rings. The molecule has 0 unspecified atom stereocenters. The molecule has 0 radical (unpaired) electrons. The summed E-state index contributed by atoms with van der Waals surface area (Å²) >= 11 is 0. The summed E-state index contributed by atoms with van der Waals surface area (Å²) in [5.41, 5.74) is 2.60. The van der Waals surface area contributed by atoms with E-state index >= 15 is 0 Å². The number of hydrogen-bond donors (Lipinski definition) is 1. The topological polar surface area (TPSA) is 64.6 Å². The van der Waals surface area contributed by atoms with E-state index in [-0.39, 0.29) is 5.91 Å². The van der Waals surface area contributed by atoms with E-state index in [1.807, 2.05) is 42.5 Å². The Bertz CT molecular complexity index is 809. The number of benzene rings is 2. The Morgan fingerprint density at radius 3 is 2.30 bits per heavy atom. The Balaban J connectivity index is 1.91. The lowest BCUT2D eigenvalue weighted by atomic mass is 10.0. The molecule has 0 saturated heterocycles. The Hall–Kier alpha value is -3.08. The van der Waals surface area contributed by atoms with Crippen molar-refractivity contribution >= 4 is 23.6 Å². The zero-order chi connectivity index (χ0) is 19.8. The van der Waals surface area contributed by atoms with Crippen LogP contribution in [0.1, 0.15) is 37.8 Å². The summed E-state index contributed by atoms with van der Waals surface area (Å²) < 4.78 is 10.4. The number of esters is 1. The van der Waals surface area contributed by atoms with Crippen molar-refractivity contribution in [1.82, 2.24) is 0 Å². The number of ether oxygens (including phenoxy) is 2. The molecule has 0 spiro atoms. The van der Waals surface area contributed by atoms with Crippen molar-refractivity contribution in [2.75, 3.05) is 12.4 Å². The second-order valence-electron chi connectivity index (χ2n) is 6.42. The molecule has 27 heavy (non-hydrogen) atoms. The summed E-state index contributed by atoms with van der Waals surface area (Å²) in [6.45, 7) is 5.74. The van der Waals surface area contributed by atoms with Gasteiger partial charge in [0.25, 0.3) is 5.91 Å². The minimum Gasteiger partial charge on any atom is -0.496 e. The summed E-state index contributed by atoms with van der Waals surface area (Å²) in [7, 11) is 1.56. The van der Waals surface area contributed by atoms with Crippen molar-refractivity contribution in [2.45, 2.75) is 32.8 Å². The second kappa shape index (κ2) is 9.57. The zero-order valence-corrected chi connectivity index (χ0v) is 16.1. The molecular weight excluding hydrogens is 342 g/mol. The molecule has 0 saturated carbocycles. The summed E-state index contributed by atoms with van der Waals surface area (Å²) in [4.78, 5) is 24.2. The Kier molecular flexibility index (Phi) is 7.17. The van der Waals surface area contributed by atoms with E-state index in [0.717, 1.165) is 5.56 Å². The molecular formula is C22H25NO4. The highest BCUT2D eigenvalue weighted by Gasteiger charge is 2.16. The van der Waals surface area contributed by atoms with E-state index in [0.29, 0.717) is 17.4 Å². The minimum absolute atomic E-state index is 0.383. The second-order valence-corrected chi connectivity index (χ2v) is 6.42. The molecule has 0 aliphatic rings. The van der Waals surface area contributed by atoms with Gasteiger partial charge in [-0.05, 0) is 42.7 Å². The van der Waals surface area contributed by atoms with Crippen LogP contribution in [-0.2, 0) is 14.3 Å². The Morgan fingerprint density at radius 1 is 1.00 bits per heavy atom. The molecule has 2 aromatic carbocycles. The molecule has 1 amide bonds. The fourth-order valence-electron chi connectivity index (χ4n) is 2.42. The lowest BCUT2D eigenvalue weighted by molar-refractivity contribution is -0.148. The number of para-hydroxylation sites is 1. The number of rotatable bonds is 7. The molecule has 0 aromatic heterocycles. The zero-order valence-electron chi connectivity index (χ0n) is 16.1. The van der Waals surface area contributed by atoms with Crippen molar-refractivity contribution in [1.29, 1.82) is 0 Å². The average Bonchev–Trinajstić information content (AvgIpc) is 2.66. The first-order valence-electron chi connectivity index (χ1n) is 8.83. The van der Waals surface area contributed by atoms with Crippen LogP contribution in [0.3, 0.4) is 0 Å². The summed E-state index contributed by atoms with van der Waals surface area (Å²) in [6, 6.07) is 14.9. The summed E-state index contributed by atoms with van der Waals surface area (Å²) in [5, 5.41) is 2.74. The van der Waals surface area contributed by atoms with Crippen LogP contribution in [0.4, 0.5) is 5.69 Å². The minimum atomic E-state index is -0.912. The van der Waals surface area contributed by atoms with E-state index < -0.39 is 12.1 Å². The van der Waals surface area contributed by atoms with E-state index in [1.165, 1.54) is 18.6 Å². The molecule has 0 aliphatic carbocycles. The highest BCUT2D eigenvalue weighted by molar-refractivity contribution is 5.96. The van der Waals surface area contributed by atoms with Crippen molar-refractivity contribution in [3.05, 3.63) is 65.7 Å². The smallest absolute Gasteiger partial charge is 0.331 e. The third-order valence-electron chi connectivity index (χ3n) is 4.04. The number of nitrogens with one attached hydrogen (secondary N) is 1. The van der Waals surface area contributed by atoms with Gasteiger partial charge in [0.2, 0.25) is 0 Å². The molecule has 0 heterocycles. The van der Waals surface area contributed by atoms with E-state index in [1.54, 1.807) is 19.3 Å². The predicted octanol–water partition coefficient (Wildman–Crippen LogP) is 4.40. The normalized spacial score (nSPS) is 12.0. The standard InChI is InChI=1S/C22H25NO4/c1-15(2)17-9-12-19(13-10-17)23-22(25)16(3)27-21(24)14-11-18-7-5-6-8-20(18)26-4/h5-16H,1-4H3,(H,23,25)/b14-11+/t16-/m1/s1. The molecule has 142 valence electrons. The number of carbonyl (C=O) groups excluding carboxylic acids is 2. The van der Waals surface area contributed by atoms with Crippen LogP contribution < -0.4 is 10.1 Å². The van der Waals surface area contributed by atoms with Gasteiger partial charge in [-0.3, -0.25) is 4.79 Å². The van der Waals surface area contributed by atoms with Crippen LogP contribution in [0.25, 0.3) is 6.08 Å². The molecule has 0 bridgehead atoms. The van der Waals surface area contributed by atoms with E-state index in [4.69, 9.17) is 9.47 Å². The summed E-state index contributed by atoms with van der Waals surface area (Å²) in [6.07, 6.45) is 1.96. The van der Waals surface area contributed by atoms with Crippen LogP contribution >= 0.6 is 0 Å². The van der Waals surface area contributed by atoms with E-state index in [9.17, 15) is 9.59 Å². The third-order valence-corrected chi connectivity index (χ3v) is 4.04. The van der Waals surface area contributed by atoms with Crippen LogP contribution in [0.2, 0.25) is 0 Å². The fraction of sp³-hybridized carbons (Fsp3) is 0.273. The van der Waals surface area contributed by atoms with Gasteiger partial charge in [0.1, 0.15) is 5.75 Å². The van der Waals surface area contributed by atoms with Gasteiger partial charge in [0.15, 0.2) is 6.10 Å². The molecule has 0 aliphatic heterocycles. The molecule has 5 nitrogen and oxygen atoms in total. The van der Waals surface area contributed by atoms with Gasteiger partial charge < -0.3 is 14.8 Å². The third kappa shape index (κ3) is 5.99. The highest BCUT2D eigenvalue weighted by atomic mass is 16.5. The van der Waals surface area contributed by atoms with Crippen molar-refractivity contribution in [2.24, 2.45) is 0 Å². The first kappa shape index (κ1) is 20.2. The highest BCUT2D eigenvalue weighted by Crippen LogP contribution is 2.19. The molecule has 1 atom stereocenters. The van der Waals surface area contributed by atoms with Crippen LogP contribution in [0, 0.1) is 0 Å². The maximum Gasteiger partial charge on any atom is 0.331 e. The van der Waals surface area contributed by atoms with Crippen molar-refractivity contribution in [3.63, 3.8) is 0 Å². The molecule has 5 heteroatoms. The maximum absolute atomic E-state index is 12.2. The molecule has 2 aromatic rings. The number of hydrogen-bond acceptors (Lipinski definition) is 4. The van der Waals surface area contributed by atoms with Gasteiger partial charge in [-0.15, -0.1) is 0 Å². The summed E-state index contributed by atoms with van der Waals surface area (Å²) in [5.74, 6) is 0.0897. The molecule has 1 N–H and O–H groups in total. The monoisotopic (exact) mass is 367 g/mol. The number of methoxy groups -OCH3 is 1. The lowest BCUT2D eigenvalue weighted by Gasteiger charge is -2.13. The van der Waals surface area contributed by atoms with Gasteiger partial charge >= 0.3 is 5.97 Å². The SMILES string of the molecule is COc1ccccc1/C=C/C(=O)O[C@H](C)C(=O)Nc1ccc(C(C)C)cc1. The van der Waals surface area contributed by atoms with Crippen LogP contribution in [0.5, 0.6) is 5.75 Å².